The summed E-state index contributed by atoms with van der Waals surface area (Å²) in [7, 11) is 3.45. The van der Waals surface area contributed by atoms with E-state index in [1.807, 2.05) is 42.5 Å². The van der Waals surface area contributed by atoms with Gasteiger partial charge >= 0.3 is 0 Å². The number of nitrogens with zero attached hydrogens (tertiary/aromatic N) is 1. The number of carbonyl (C=O) groups excluding carboxylic acids is 2. The molecule has 2 amide bonds. The molecule has 1 heterocycles. The van der Waals surface area contributed by atoms with Crippen molar-refractivity contribution < 1.29 is 19.1 Å². The van der Waals surface area contributed by atoms with Crippen LogP contribution in [0.1, 0.15) is 31.2 Å². The van der Waals surface area contributed by atoms with Gasteiger partial charge < -0.3 is 19.7 Å². The summed E-state index contributed by atoms with van der Waals surface area (Å²) < 4.78 is 11.4. The van der Waals surface area contributed by atoms with Gasteiger partial charge in [0.2, 0.25) is 5.91 Å². The van der Waals surface area contributed by atoms with Crippen LogP contribution < -0.4 is 14.8 Å². The van der Waals surface area contributed by atoms with E-state index < -0.39 is 5.41 Å². The van der Waals surface area contributed by atoms with Gasteiger partial charge in [0.1, 0.15) is 13.2 Å². The van der Waals surface area contributed by atoms with E-state index in [4.69, 9.17) is 9.47 Å². The SMILES string of the molecule is CN(C)C(=O)Sc1ccc(NC(=O)C2(c3ccc4c(c3)OCCO4)CCCC2)cc1. The van der Waals surface area contributed by atoms with Crippen LogP contribution >= 0.6 is 11.8 Å². The second-order valence-corrected chi connectivity index (χ2v) is 8.91. The van der Waals surface area contributed by atoms with Gasteiger partial charge in [0.15, 0.2) is 11.5 Å². The smallest absolute Gasteiger partial charge is 0.285 e. The van der Waals surface area contributed by atoms with Crippen molar-refractivity contribution in [3.8, 4) is 11.5 Å². The van der Waals surface area contributed by atoms with Crippen LogP contribution in [0.4, 0.5) is 10.5 Å². The Morgan fingerprint density at radius 3 is 2.30 bits per heavy atom. The lowest BCUT2D eigenvalue weighted by atomic mass is 9.77. The molecule has 0 radical (unpaired) electrons. The average Bonchev–Trinajstić information content (AvgIpc) is 3.26. The molecule has 7 heteroatoms. The summed E-state index contributed by atoms with van der Waals surface area (Å²) in [6.45, 7) is 1.07. The van der Waals surface area contributed by atoms with Gasteiger partial charge in [-0.25, -0.2) is 0 Å². The minimum Gasteiger partial charge on any atom is -0.486 e. The summed E-state index contributed by atoms with van der Waals surface area (Å²) >= 11 is 1.16. The molecule has 1 aliphatic carbocycles. The molecule has 30 heavy (non-hydrogen) atoms. The van der Waals surface area contributed by atoms with Crippen molar-refractivity contribution >= 4 is 28.6 Å². The van der Waals surface area contributed by atoms with Crippen LogP contribution in [0.3, 0.4) is 0 Å². The molecule has 0 unspecified atom stereocenters. The molecule has 0 aromatic heterocycles. The third-order valence-corrected chi connectivity index (χ3v) is 6.72. The number of amides is 2. The topological polar surface area (TPSA) is 67.9 Å². The van der Waals surface area contributed by atoms with Crippen molar-refractivity contribution in [1.29, 1.82) is 0 Å². The van der Waals surface area contributed by atoms with Crippen LogP contribution in [0.5, 0.6) is 11.5 Å². The molecular weight excluding hydrogens is 400 g/mol. The normalized spacial score (nSPS) is 16.7. The van der Waals surface area contributed by atoms with E-state index in [9.17, 15) is 9.59 Å². The number of carbonyl (C=O) groups is 2. The number of thioether (sulfide) groups is 1. The van der Waals surface area contributed by atoms with E-state index in [-0.39, 0.29) is 11.1 Å². The van der Waals surface area contributed by atoms with Crippen molar-refractivity contribution in [3.63, 3.8) is 0 Å². The molecule has 1 saturated carbocycles. The molecule has 4 rings (SSSR count). The number of anilines is 1. The van der Waals surface area contributed by atoms with Gasteiger partial charge in [-0.05, 0) is 66.6 Å². The predicted molar refractivity (Wildman–Crippen MR) is 118 cm³/mol. The summed E-state index contributed by atoms with van der Waals surface area (Å²) in [6, 6.07) is 13.3. The van der Waals surface area contributed by atoms with E-state index in [0.717, 1.165) is 59.3 Å². The van der Waals surface area contributed by atoms with E-state index in [0.29, 0.717) is 19.0 Å². The zero-order valence-electron chi connectivity index (χ0n) is 17.3. The summed E-state index contributed by atoms with van der Waals surface area (Å²) in [6.07, 6.45) is 3.65. The van der Waals surface area contributed by atoms with Gasteiger partial charge in [0, 0.05) is 24.7 Å². The van der Waals surface area contributed by atoms with Gasteiger partial charge in [-0.1, -0.05) is 18.9 Å². The van der Waals surface area contributed by atoms with Crippen LogP contribution in [-0.4, -0.2) is 43.4 Å². The zero-order valence-corrected chi connectivity index (χ0v) is 18.1. The molecular formula is C23H26N2O4S. The van der Waals surface area contributed by atoms with Gasteiger partial charge in [-0.2, -0.15) is 0 Å². The molecule has 1 aliphatic heterocycles. The Morgan fingerprint density at radius 2 is 1.63 bits per heavy atom. The van der Waals surface area contributed by atoms with Crippen molar-refractivity contribution in [2.45, 2.75) is 36.0 Å². The van der Waals surface area contributed by atoms with Gasteiger partial charge in [0.25, 0.3) is 5.24 Å². The Kier molecular flexibility index (Phi) is 5.90. The fourth-order valence-corrected chi connectivity index (χ4v) is 4.67. The summed E-state index contributed by atoms with van der Waals surface area (Å²) in [5.74, 6) is 1.45. The Morgan fingerprint density at radius 1 is 0.967 bits per heavy atom. The highest BCUT2D eigenvalue weighted by Crippen LogP contribution is 2.45. The maximum Gasteiger partial charge on any atom is 0.285 e. The number of hydrogen-bond donors (Lipinski definition) is 1. The third-order valence-electron chi connectivity index (χ3n) is 5.67. The first-order chi connectivity index (χ1) is 14.5. The third kappa shape index (κ3) is 4.12. The molecule has 6 nitrogen and oxygen atoms in total. The number of benzene rings is 2. The fourth-order valence-electron chi connectivity index (χ4n) is 4.02. The van der Waals surface area contributed by atoms with Crippen molar-refractivity contribution in [2.24, 2.45) is 0 Å². The number of hydrogen-bond acceptors (Lipinski definition) is 5. The van der Waals surface area contributed by atoms with E-state index in [2.05, 4.69) is 5.32 Å². The molecule has 0 saturated heterocycles. The monoisotopic (exact) mass is 426 g/mol. The maximum absolute atomic E-state index is 13.4. The van der Waals surface area contributed by atoms with E-state index in [1.165, 1.54) is 4.90 Å². The van der Waals surface area contributed by atoms with Crippen LogP contribution in [0.2, 0.25) is 0 Å². The lowest BCUT2D eigenvalue weighted by Gasteiger charge is -2.30. The molecule has 2 aromatic rings. The first kappa shape index (κ1) is 20.6. The van der Waals surface area contributed by atoms with Crippen LogP contribution in [0.15, 0.2) is 47.4 Å². The fraction of sp³-hybridized carbons (Fsp3) is 0.391. The molecule has 0 bridgehead atoms. The summed E-state index contributed by atoms with van der Waals surface area (Å²) in [5, 5.41) is 3.06. The van der Waals surface area contributed by atoms with Gasteiger partial charge in [0.05, 0.1) is 5.41 Å². The first-order valence-corrected chi connectivity index (χ1v) is 11.0. The summed E-state index contributed by atoms with van der Waals surface area (Å²) in [5.41, 5.74) is 1.14. The van der Waals surface area contributed by atoms with E-state index in [1.54, 1.807) is 14.1 Å². The summed E-state index contributed by atoms with van der Waals surface area (Å²) in [4.78, 5) is 27.6. The van der Waals surface area contributed by atoms with Gasteiger partial charge in [-0.3, -0.25) is 9.59 Å². The molecule has 1 fully saturated rings. The molecule has 1 N–H and O–H groups in total. The quantitative estimate of drug-likeness (QED) is 0.719. The van der Waals surface area contributed by atoms with Crippen LogP contribution in [-0.2, 0) is 10.2 Å². The number of nitrogens with one attached hydrogen (secondary N) is 1. The second-order valence-electron chi connectivity index (χ2n) is 7.89. The molecule has 2 aromatic carbocycles. The molecule has 0 spiro atoms. The predicted octanol–water partition coefficient (Wildman–Crippen LogP) is 4.68. The zero-order chi connectivity index (χ0) is 21.1. The Labute approximate surface area is 180 Å². The number of fused-ring (bicyclic) bond motifs is 1. The van der Waals surface area contributed by atoms with Gasteiger partial charge in [-0.15, -0.1) is 0 Å². The molecule has 0 atom stereocenters. The van der Waals surface area contributed by atoms with Crippen molar-refractivity contribution in [1.82, 2.24) is 4.90 Å². The van der Waals surface area contributed by atoms with E-state index >= 15 is 0 Å². The number of ether oxygens (including phenoxy) is 2. The maximum atomic E-state index is 13.4. The average molecular weight is 427 g/mol. The highest BCUT2D eigenvalue weighted by molar-refractivity contribution is 8.13. The van der Waals surface area contributed by atoms with Crippen LogP contribution in [0, 0.1) is 0 Å². The minimum absolute atomic E-state index is 0.00134. The number of rotatable bonds is 4. The Bertz CT molecular complexity index is 937. The largest absolute Gasteiger partial charge is 0.486 e. The van der Waals surface area contributed by atoms with Crippen molar-refractivity contribution in [3.05, 3.63) is 48.0 Å². The standard InChI is InChI=1S/C23H26N2O4S/c1-25(2)22(27)30-18-8-6-17(7-9-18)24-21(26)23(11-3-4-12-23)16-5-10-19-20(15-16)29-14-13-28-19/h5-10,15H,3-4,11-14H2,1-2H3,(H,24,26). The lowest BCUT2D eigenvalue weighted by Crippen LogP contribution is -2.38. The highest BCUT2D eigenvalue weighted by atomic mass is 32.2. The van der Waals surface area contributed by atoms with Crippen molar-refractivity contribution in [2.75, 3.05) is 32.6 Å². The van der Waals surface area contributed by atoms with Crippen LogP contribution in [0.25, 0.3) is 0 Å². The first-order valence-electron chi connectivity index (χ1n) is 10.2. The molecule has 2 aliphatic rings. The Balaban J connectivity index is 1.52. The minimum atomic E-state index is -0.565. The highest BCUT2D eigenvalue weighted by Gasteiger charge is 2.43. The molecule has 158 valence electrons. The lowest BCUT2D eigenvalue weighted by molar-refractivity contribution is -0.121. The second kappa shape index (κ2) is 8.60. The Hall–Kier alpha value is -2.67.